The maximum Gasteiger partial charge on any atom is 0.314 e. The molecule has 2 aliphatic heterocycles. The number of carbonyl (C=O) groups is 1. The Morgan fingerprint density at radius 1 is 1.06 bits per heavy atom. The fourth-order valence-corrected chi connectivity index (χ4v) is 5.11. The zero-order chi connectivity index (χ0) is 24.9. The Hall–Kier alpha value is -1.77. The van der Waals surface area contributed by atoms with Gasteiger partial charge in [0.05, 0.1) is 18.3 Å². The molecular weight excluding hydrogens is 436 g/mol. The van der Waals surface area contributed by atoms with E-state index in [1.54, 1.807) is 6.92 Å². The third kappa shape index (κ3) is 5.89. The highest BCUT2D eigenvalue weighted by molar-refractivity contribution is 5.73. The van der Waals surface area contributed by atoms with Crippen molar-refractivity contribution in [2.45, 2.75) is 89.2 Å². The number of hydrogen-bond donors (Lipinski definition) is 3. The largest absolute Gasteiger partial charge is 0.457 e. The SMILES string of the molecule is COC1[C@@H](O)C(C)C2O[C@]1(O)[C@H](C)C(=O)O[C@H](c1ccccc1)CCCCC(O)C/C=C/[C@@H]2C. The van der Waals surface area contributed by atoms with Crippen LogP contribution in [0.1, 0.15) is 64.5 Å². The van der Waals surface area contributed by atoms with Gasteiger partial charge >= 0.3 is 5.97 Å². The maximum absolute atomic E-state index is 13.3. The third-order valence-corrected chi connectivity index (χ3v) is 7.38. The lowest BCUT2D eigenvalue weighted by Crippen LogP contribution is -2.66. The summed E-state index contributed by atoms with van der Waals surface area (Å²) in [6.45, 7) is 5.32. The predicted octanol–water partition coefficient (Wildman–Crippen LogP) is 3.52. The predicted molar refractivity (Wildman–Crippen MR) is 128 cm³/mol. The average molecular weight is 477 g/mol. The van der Waals surface area contributed by atoms with Gasteiger partial charge in [0, 0.05) is 18.9 Å². The van der Waals surface area contributed by atoms with Crippen LogP contribution in [0.5, 0.6) is 0 Å². The van der Waals surface area contributed by atoms with Crippen molar-refractivity contribution in [1.82, 2.24) is 0 Å². The van der Waals surface area contributed by atoms with Gasteiger partial charge in [-0.2, -0.15) is 0 Å². The Bertz CT molecular complexity index is 812. The molecule has 34 heavy (non-hydrogen) atoms. The summed E-state index contributed by atoms with van der Waals surface area (Å²) >= 11 is 0. The highest BCUT2D eigenvalue weighted by atomic mass is 16.7. The average Bonchev–Trinajstić information content (AvgIpc) is 2.83. The molecule has 0 aromatic heterocycles. The second-order valence-corrected chi connectivity index (χ2v) is 9.86. The first-order valence-electron chi connectivity index (χ1n) is 12.4. The minimum absolute atomic E-state index is 0.172. The van der Waals surface area contributed by atoms with Crippen LogP contribution in [0.2, 0.25) is 0 Å². The van der Waals surface area contributed by atoms with Gasteiger partial charge in [-0.25, -0.2) is 0 Å². The maximum atomic E-state index is 13.3. The molecule has 7 nitrogen and oxygen atoms in total. The highest BCUT2D eigenvalue weighted by Crippen LogP contribution is 2.41. The molecule has 1 aromatic rings. The van der Waals surface area contributed by atoms with Gasteiger partial charge in [0.15, 0.2) is 0 Å². The molecule has 9 atom stereocenters. The standard InChI is InChI=1S/C27H40O7/c1-17-11-10-15-21(28)14-8-9-16-22(20-12-6-5-7-13-20)33-26(30)19(3)27(31)25(32-4)23(29)18(2)24(17)34-27/h5-7,10-13,17-19,21-25,28-29,31H,8-9,14-16H2,1-4H3/b11-10+/t17-,18?,19+,21?,22-,23-,24?,25?,27+/m0/s1. The van der Waals surface area contributed by atoms with E-state index in [1.165, 1.54) is 7.11 Å². The summed E-state index contributed by atoms with van der Waals surface area (Å²) < 4.78 is 17.6. The van der Waals surface area contributed by atoms with Gasteiger partial charge in [-0.1, -0.05) is 62.8 Å². The Balaban J connectivity index is 1.95. The highest BCUT2D eigenvalue weighted by Gasteiger charge is 2.58. The van der Waals surface area contributed by atoms with Crippen molar-refractivity contribution in [1.29, 1.82) is 0 Å². The van der Waals surface area contributed by atoms with Crippen molar-refractivity contribution in [3.05, 3.63) is 48.0 Å². The minimum atomic E-state index is -2.07. The summed E-state index contributed by atoms with van der Waals surface area (Å²) in [7, 11) is 1.39. The molecule has 2 bridgehead atoms. The van der Waals surface area contributed by atoms with Crippen LogP contribution >= 0.6 is 0 Å². The van der Waals surface area contributed by atoms with Crippen LogP contribution in [-0.4, -0.2) is 58.6 Å². The normalized spacial score (nSPS) is 41.4. The van der Waals surface area contributed by atoms with E-state index in [4.69, 9.17) is 14.2 Å². The molecule has 3 rings (SSSR count). The number of cyclic esters (lactones) is 1. The number of aliphatic hydroxyl groups is 3. The van der Waals surface area contributed by atoms with Gasteiger partial charge in [-0.3, -0.25) is 4.79 Å². The van der Waals surface area contributed by atoms with Crippen LogP contribution in [0.25, 0.3) is 0 Å². The number of benzene rings is 1. The van der Waals surface area contributed by atoms with E-state index in [0.717, 1.165) is 18.4 Å². The summed E-state index contributed by atoms with van der Waals surface area (Å²) in [5.74, 6) is -4.31. The summed E-state index contributed by atoms with van der Waals surface area (Å²) in [6, 6.07) is 9.51. The number of esters is 1. The van der Waals surface area contributed by atoms with E-state index < -0.39 is 48.2 Å². The third-order valence-electron chi connectivity index (χ3n) is 7.38. The van der Waals surface area contributed by atoms with Crippen LogP contribution < -0.4 is 0 Å². The van der Waals surface area contributed by atoms with Crippen molar-refractivity contribution in [3.8, 4) is 0 Å². The molecule has 7 heteroatoms. The first-order chi connectivity index (χ1) is 16.2. The van der Waals surface area contributed by atoms with Crippen LogP contribution in [0.3, 0.4) is 0 Å². The Morgan fingerprint density at radius 3 is 2.41 bits per heavy atom. The summed E-state index contributed by atoms with van der Waals surface area (Å²) in [5.41, 5.74) is 0.868. The fourth-order valence-electron chi connectivity index (χ4n) is 5.11. The monoisotopic (exact) mass is 476 g/mol. The van der Waals surface area contributed by atoms with Crippen molar-refractivity contribution >= 4 is 5.97 Å². The first-order valence-corrected chi connectivity index (χ1v) is 12.4. The zero-order valence-electron chi connectivity index (χ0n) is 20.7. The zero-order valence-corrected chi connectivity index (χ0v) is 20.7. The van der Waals surface area contributed by atoms with E-state index >= 15 is 0 Å². The molecule has 3 N–H and O–H groups in total. The molecule has 0 radical (unpaired) electrons. The molecule has 0 saturated carbocycles. The lowest BCUT2D eigenvalue weighted by Gasteiger charge is -2.51. The van der Waals surface area contributed by atoms with Gasteiger partial charge in [0.25, 0.3) is 0 Å². The molecule has 0 aliphatic carbocycles. The molecule has 2 heterocycles. The second-order valence-electron chi connectivity index (χ2n) is 9.86. The van der Waals surface area contributed by atoms with Crippen molar-refractivity contribution < 1.29 is 34.3 Å². The Morgan fingerprint density at radius 2 is 1.74 bits per heavy atom. The number of methoxy groups -OCH3 is 1. The van der Waals surface area contributed by atoms with Crippen LogP contribution in [0, 0.1) is 17.8 Å². The molecule has 0 spiro atoms. The number of fused-ring (bicyclic) bond motifs is 2. The Kier molecular flexibility index (Phi) is 9.29. The molecule has 1 aromatic carbocycles. The van der Waals surface area contributed by atoms with Crippen LogP contribution in [-0.2, 0) is 19.0 Å². The number of carbonyl (C=O) groups excluding carboxylic acids is 1. The second kappa shape index (κ2) is 11.8. The van der Waals surface area contributed by atoms with E-state index in [0.29, 0.717) is 19.3 Å². The van der Waals surface area contributed by atoms with E-state index in [2.05, 4.69) is 0 Å². The number of ether oxygens (including phenoxy) is 3. The van der Waals surface area contributed by atoms with Gasteiger partial charge in [0.1, 0.15) is 18.1 Å². The quantitative estimate of drug-likeness (QED) is 0.443. The molecule has 2 aliphatic rings. The van der Waals surface area contributed by atoms with Gasteiger partial charge in [-0.05, 0) is 38.2 Å². The van der Waals surface area contributed by atoms with Crippen molar-refractivity contribution in [2.24, 2.45) is 17.8 Å². The lowest BCUT2D eigenvalue weighted by molar-refractivity contribution is -0.360. The van der Waals surface area contributed by atoms with Gasteiger partial charge in [0.2, 0.25) is 5.79 Å². The topological polar surface area (TPSA) is 105 Å². The molecule has 0 amide bonds. The molecular formula is C27H40O7. The smallest absolute Gasteiger partial charge is 0.314 e. The molecule has 1 fully saturated rings. The van der Waals surface area contributed by atoms with E-state index in [1.807, 2.05) is 56.3 Å². The van der Waals surface area contributed by atoms with Gasteiger partial charge < -0.3 is 29.5 Å². The number of rotatable bonds is 2. The van der Waals surface area contributed by atoms with Crippen molar-refractivity contribution in [2.75, 3.05) is 7.11 Å². The first kappa shape index (κ1) is 26.8. The van der Waals surface area contributed by atoms with Crippen LogP contribution in [0.4, 0.5) is 0 Å². The Labute approximate surface area is 202 Å². The number of aliphatic hydroxyl groups excluding tert-OH is 2. The number of hydrogen-bond acceptors (Lipinski definition) is 7. The molecule has 1 saturated heterocycles. The summed E-state index contributed by atoms with van der Waals surface area (Å²) in [6.07, 6.45) is 3.55. The van der Waals surface area contributed by atoms with Crippen molar-refractivity contribution in [3.63, 3.8) is 0 Å². The van der Waals surface area contributed by atoms with E-state index in [9.17, 15) is 20.1 Å². The molecule has 190 valence electrons. The molecule has 4 unspecified atom stereocenters. The van der Waals surface area contributed by atoms with E-state index in [-0.39, 0.29) is 11.8 Å². The minimum Gasteiger partial charge on any atom is -0.457 e. The van der Waals surface area contributed by atoms with Gasteiger partial charge in [-0.15, -0.1) is 0 Å². The lowest BCUT2D eigenvalue weighted by atomic mass is 9.78. The fraction of sp³-hybridized carbons (Fsp3) is 0.667. The summed E-state index contributed by atoms with van der Waals surface area (Å²) in [4.78, 5) is 13.3. The van der Waals surface area contributed by atoms with Crippen LogP contribution in [0.15, 0.2) is 42.5 Å². The summed E-state index contributed by atoms with van der Waals surface area (Å²) in [5, 5.41) is 33.0.